The standard InChI is InChI=1S/C12H19NO.ClH/c1-4-13-11(12(2,3)14)10-8-6-5-7-9-10;/h5-9,11,13-14H,4H2,1-3H3;1H. The van der Waals surface area contributed by atoms with Crippen molar-refractivity contribution in [3.8, 4) is 0 Å². The normalized spacial score (nSPS) is 13.1. The highest BCUT2D eigenvalue weighted by Crippen LogP contribution is 2.24. The van der Waals surface area contributed by atoms with Crippen molar-refractivity contribution in [1.29, 1.82) is 0 Å². The fourth-order valence-electron chi connectivity index (χ4n) is 1.63. The van der Waals surface area contributed by atoms with Crippen LogP contribution in [0.5, 0.6) is 0 Å². The minimum absolute atomic E-state index is 0. The van der Waals surface area contributed by atoms with Gasteiger partial charge in [-0.25, -0.2) is 0 Å². The van der Waals surface area contributed by atoms with E-state index in [1.54, 1.807) is 0 Å². The topological polar surface area (TPSA) is 32.3 Å². The predicted molar refractivity (Wildman–Crippen MR) is 66.4 cm³/mol. The smallest absolute Gasteiger partial charge is 0.0785 e. The fourth-order valence-corrected chi connectivity index (χ4v) is 1.63. The molecular weight excluding hydrogens is 210 g/mol. The van der Waals surface area contributed by atoms with Crippen molar-refractivity contribution in [2.75, 3.05) is 6.54 Å². The van der Waals surface area contributed by atoms with Crippen molar-refractivity contribution in [1.82, 2.24) is 5.32 Å². The molecule has 2 N–H and O–H groups in total. The molecule has 0 saturated heterocycles. The zero-order chi connectivity index (χ0) is 10.6. The highest BCUT2D eigenvalue weighted by molar-refractivity contribution is 5.85. The molecule has 1 aromatic rings. The Balaban J connectivity index is 0.00000196. The molecule has 0 aliphatic heterocycles. The van der Waals surface area contributed by atoms with Crippen LogP contribution >= 0.6 is 12.4 Å². The molecule has 0 saturated carbocycles. The van der Waals surface area contributed by atoms with Crippen LogP contribution in [-0.2, 0) is 0 Å². The number of rotatable bonds is 4. The average molecular weight is 230 g/mol. The van der Waals surface area contributed by atoms with Crippen molar-refractivity contribution in [3.05, 3.63) is 35.9 Å². The van der Waals surface area contributed by atoms with Gasteiger partial charge in [0.25, 0.3) is 0 Å². The molecule has 0 radical (unpaired) electrons. The summed E-state index contributed by atoms with van der Waals surface area (Å²) in [6.07, 6.45) is 0. The lowest BCUT2D eigenvalue weighted by Crippen LogP contribution is -2.39. The number of nitrogens with one attached hydrogen (secondary N) is 1. The summed E-state index contributed by atoms with van der Waals surface area (Å²) in [7, 11) is 0. The minimum Gasteiger partial charge on any atom is -0.388 e. The Kier molecular flexibility index (Phi) is 5.88. The summed E-state index contributed by atoms with van der Waals surface area (Å²) < 4.78 is 0. The van der Waals surface area contributed by atoms with Crippen LogP contribution in [0.15, 0.2) is 30.3 Å². The molecule has 0 fully saturated rings. The van der Waals surface area contributed by atoms with Crippen LogP contribution < -0.4 is 5.32 Å². The van der Waals surface area contributed by atoms with E-state index in [0.29, 0.717) is 0 Å². The summed E-state index contributed by atoms with van der Waals surface area (Å²) in [4.78, 5) is 0. The lowest BCUT2D eigenvalue weighted by molar-refractivity contribution is 0.0377. The van der Waals surface area contributed by atoms with Crippen molar-refractivity contribution in [2.45, 2.75) is 32.4 Å². The van der Waals surface area contributed by atoms with Crippen LogP contribution in [0, 0.1) is 0 Å². The second-order valence-electron chi connectivity index (χ2n) is 4.06. The number of hydrogen-bond acceptors (Lipinski definition) is 2. The monoisotopic (exact) mass is 229 g/mol. The van der Waals surface area contributed by atoms with Crippen LogP contribution in [0.3, 0.4) is 0 Å². The Morgan fingerprint density at radius 3 is 2.20 bits per heavy atom. The first kappa shape index (κ1) is 14.4. The van der Waals surface area contributed by atoms with Gasteiger partial charge in [0, 0.05) is 0 Å². The minimum atomic E-state index is -0.739. The first-order chi connectivity index (χ1) is 6.55. The zero-order valence-electron chi connectivity index (χ0n) is 9.53. The maximum atomic E-state index is 10.00. The highest BCUT2D eigenvalue weighted by Gasteiger charge is 2.26. The lowest BCUT2D eigenvalue weighted by Gasteiger charge is -2.30. The van der Waals surface area contributed by atoms with Gasteiger partial charge in [0.05, 0.1) is 11.6 Å². The third-order valence-electron chi connectivity index (χ3n) is 2.25. The first-order valence-electron chi connectivity index (χ1n) is 5.06. The summed E-state index contributed by atoms with van der Waals surface area (Å²) in [6, 6.07) is 10.0. The average Bonchev–Trinajstić information content (AvgIpc) is 2.14. The van der Waals surface area contributed by atoms with E-state index in [0.717, 1.165) is 12.1 Å². The molecular formula is C12H20ClNO. The molecule has 0 bridgehead atoms. The Bertz CT molecular complexity index is 269. The molecule has 15 heavy (non-hydrogen) atoms. The van der Waals surface area contributed by atoms with Crippen molar-refractivity contribution >= 4 is 12.4 Å². The Hall–Kier alpha value is -0.570. The highest BCUT2D eigenvalue weighted by atomic mass is 35.5. The number of halogens is 1. The Morgan fingerprint density at radius 2 is 1.80 bits per heavy atom. The molecule has 1 aromatic carbocycles. The molecule has 1 atom stereocenters. The molecule has 2 nitrogen and oxygen atoms in total. The van der Waals surface area contributed by atoms with E-state index in [-0.39, 0.29) is 18.4 Å². The second-order valence-corrected chi connectivity index (χ2v) is 4.06. The van der Waals surface area contributed by atoms with Crippen LogP contribution in [-0.4, -0.2) is 17.3 Å². The van der Waals surface area contributed by atoms with Gasteiger partial charge in [-0.05, 0) is 26.0 Å². The van der Waals surface area contributed by atoms with Crippen molar-refractivity contribution in [3.63, 3.8) is 0 Å². The number of benzene rings is 1. The van der Waals surface area contributed by atoms with Gasteiger partial charge >= 0.3 is 0 Å². The summed E-state index contributed by atoms with van der Waals surface area (Å²) in [5.41, 5.74) is 0.388. The fraction of sp³-hybridized carbons (Fsp3) is 0.500. The molecule has 0 amide bonds. The summed E-state index contributed by atoms with van der Waals surface area (Å²) in [5, 5.41) is 13.3. The van der Waals surface area contributed by atoms with Gasteiger partial charge in [0.2, 0.25) is 0 Å². The predicted octanol–water partition coefficient (Wildman–Crippen LogP) is 2.53. The molecule has 0 spiro atoms. The molecule has 1 unspecified atom stereocenters. The van der Waals surface area contributed by atoms with Gasteiger partial charge in [-0.2, -0.15) is 0 Å². The van der Waals surface area contributed by atoms with E-state index >= 15 is 0 Å². The summed E-state index contributed by atoms with van der Waals surface area (Å²) in [6.45, 7) is 6.55. The van der Waals surface area contributed by atoms with E-state index in [9.17, 15) is 5.11 Å². The van der Waals surface area contributed by atoms with Crippen LogP contribution in [0.2, 0.25) is 0 Å². The largest absolute Gasteiger partial charge is 0.388 e. The quantitative estimate of drug-likeness (QED) is 0.832. The zero-order valence-corrected chi connectivity index (χ0v) is 10.3. The molecule has 1 rings (SSSR count). The third kappa shape index (κ3) is 4.20. The second kappa shape index (κ2) is 6.11. The Labute approximate surface area is 98.1 Å². The molecule has 0 heterocycles. The van der Waals surface area contributed by atoms with E-state index in [1.807, 2.05) is 51.1 Å². The van der Waals surface area contributed by atoms with Crippen LogP contribution in [0.25, 0.3) is 0 Å². The Morgan fingerprint density at radius 1 is 1.27 bits per heavy atom. The van der Waals surface area contributed by atoms with Gasteiger partial charge in [-0.15, -0.1) is 12.4 Å². The number of aliphatic hydroxyl groups is 1. The van der Waals surface area contributed by atoms with E-state index in [2.05, 4.69) is 5.32 Å². The molecule has 0 aromatic heterocycles. The van der Waals surface area contributed by atoms with Gasteiger partial charge in [-0.3, -0.25) is 0 Å². The summed E-state index contributed by atoms with van der Waals surface area (Å²) >= 11 is 0. The third-order valence-corrected chi connectivity index (χ3v) is 2.25. The first-order valence-corrected chi connectivity index (χ1v) is 5.06. The van der Waals surface area contributed by atoms with Gasteiger partial charge in [0.1, 0.15) is 0 Å². The van der Waals surface area contributed by atoms with Gasteiger partial charge in [-0.1, -0.05) is 37.3 Å². The van der Waals surface area contributed by atoms with Crippen LogP contribution in [0.4, 0.5) is 0 Å². The van der Waals surface area contributed by atoms with Gasteiger partial charge in [0.15, 0.2) is 0 Å². The maximum Gasteiger partial charge on any atom is 0.0785 e. The van der Waals surface area contributed by atoms with Gasteiger partial charge < -0.3 is 10.4 Å². The van der Waals surface area contributed by atoms with Crippen molar-refractivity contribution in [2.24, 2.45) is 0 Å². The van der Waals surface area contributed by atoms with Crippen molar-refractivity contribution < 1.29 is 5.11 Å². The number of likely N-dealkylation sites (N-methyl/N-ethyl adjacent to an activating group) is 1. The SMILES string of the molecule is CCNC(c1ccccc1)C(C)(C)O.Cl. The molecule has 0 aliphatic rings. The molecule has 3 heteroatoms. The van der Waals surface area contributed by atoms with E-state index < -0.39 is 5.60 Å². The van der Waals surface area contributed by atoms with Crippen LogP contribution in [0.1, 0.15) is 32.4 Å². The van der Waals surface area contributed by atoms with E-state index in [4.69, 9.17) is 0 Å². The lowest BCUT2D eigenvalue weighted by atomic mass is 9.92. The maximum absolute atomic E-state index is 10.00. The molecule has 0 aliphatic carbocycles. The number of hydrogen-bond donors (Lipinski definition) is 2. The van der Waals surface area contributed by atoms with E-state index in [1.165, 1.54) is 0 Å². The molecule has 86 valence electrons. The summed E-state index contributed by atoms with van der Waals surface area (Å²) in [5.74, 6) is 0.